The second-order valence-corrected chi connectivity index (χ2v) is 27.1. The van der Waals surface area contributed by atoms with Crippen LogP contribution in [0.25, 0.3) is 0 Å². The summed E-state index contributed by atoms with van der Waals surface area (Å²) in [6, 6.07) is 24.0. The number of esters is 5. The first-order valence-corrected chi connectivity index (χ1v) is 39.2. The van der Waals surface area contributed by atoms with Crippen molar-refractivity contribution >= 4 is 29.8 Å². The zero-order chi connectivity index (χ0) is 77.1. The maximum Gasteiger partial charge on any atom is 0.338 e. The Kier molecular flexibility index (Phi) is 43.7. The van der Waals surface area contributed by atoms with Crippen LogP contribution in [0, 0.1) is 0 Å². The first-order valence-electron chi connectivity index (χ1n) is 39.2. The lowest BCUT2D eigenvalue weighted by Gasteiger charge is -2.48. The van der Waals surface area contributed by atoms with Crippen LogP contribution in [0.4, 0.5) is 0 Å². The number of ether oxygens (including phenoxy) is 19. The van der Waals surface area contributed by atoms with Crippen molar-refractivity contribution in [3.05, 3.63) is 108 Å². The molecular formula is C81H124O26. The minimum absolute atomic E-state index is 0.0260. The summed E-state index contributed by atoms with van der Waals surface area (Å²) >= 11 is 0. The topological polar surface area (TPSA) is 301 Å². The van der Waals surface area contributed by atoms with E-state index in [-0.39, 0.29) is 56.3 Å². The Hall–Kier alpha value is -5.63. The van der Waals surface area contributed by atoms with Crippen molar-refractivity contribution in [2.75, 3.05) is 79.3 Å². The van der Waals surface area contributed by atoms with Crippen LogP contribution in [0.2, 0.25) is 0 Å². The Morgan fingerprint density at radius 3 is 1.24 bits per heavy atom. The van der Waals surface area contributed by atoms with E-state index in [0.29, 0.717) is 84.2 Å². The number of benzene rings is 3. The molecule has 0 aromatic heterocycles. The van der Waals surface area contributed by atoms with E-state index < -0.39 is 160 Å². The van der Waals surface area contributed by atoms with E-state index in [2.05, 4.69) is 6.92 Å². The molecule has 0 aliphatic carbocycles. The minimum atomic E-state index is -2.01. The van der Waals surface area contributed by atoms with Crippen LogP contribution in [0.5, 0.6) is 0 Å². The molecule has 0 saturated carbocycles. The van der Waals surface area contributed by atoms with E-state index in [4.69, 9.17) is 90.0 Å². The molecule has 0 spiro atoms. The highest BCUT2D eigenvalue weighted by molar-refractivity contribution is 5.91. The summed E-state index contributed by atoms with van der Waals surface area (Å²) in [4.78, 5) is 71.2. The Balaban J connectivity index is 1.52. The summed E-state index contributed by atoms with van der Waals surface area (Å²) in [5, 5.41) is 25.2. The Morgan fingerprint density at radius 1 is 0.374 bits per heavy atom. The summed E-state index contributed by atoms with van der Waals surface area (Å²) in [5.41, 5.74) is 0.213. The summed E-state index contributed by atoms with van der Waals surface area (Å²) in [5.74, 6) is -4.22. The van der Waals surface area contributed by atoms with Crippen molar-refractivity contribution < 1.29 is 124 Å². The Labute approximate surface area is 633 Å². The van der Waals surface area contributed by atoms with Crippen LogP contribution in [-0.4, -0.2) is 236 Å². The molecule has 19 atom stereocenters. The standard InChI is InChI=1S/C81H124O26/c1-11-19-43-89-51-42-60(91-45-21-13-3)64(92-46-22-14-4)72(99-55(9)82)79(88)106-69-66(94-48-24-16-6)62(101-78(87)71(69)96-50-26-18-8)53-97-81-74(107-77(86)59-40-34-29-35-41-59)70(105-76(85)58-38-32-28-33-39-58)67(104-75(84)57-36-30-27-31-37-57)63(103-81)54-98-80-73(100-56(10)83)68(95-49-25-17-7)65(93-47-23-15-5)61(102-80)52-90-44-20-12-2/h27-41,60-74,78-81,87-88H,11-26,42-54H2,1-10H3/t60-,61?,62?,63?,64?,65-,66-,67-,68?,69?,70?,71-,72-,73-,74-,78-,79-,80+,81+/m1/s1. The number of unbranched alkanes of at least 4 members (excludes halogenated alkanes) is 8. The fraction of sp³-hybridized carbons (Fsp3) is 0.716. The molecule has 3 aromatic carbocycles. The van der Waals surface area contributed by atoms with Gasteiger partial charge >= 0.3 is 29.8 Å². The van der Waals surface area contributed by atoms with Gasteiger partial charge in [0.2, 0.25) is 0 Å². The van der Waals surface area contributed by atoms with Gasteiger partial charge in [0.05, 0.1) is 42.6 Å². The van der Waals surface area contributed by atoms with Crippen LogP contribution < -0.4 is 0 Å². The normalized spacial score (nSPS) is 25.6. The molecule has 0 radical (unpaired) electrons. The average Bonchev–Trinajstić information content (AvgIpc) is 0.773. The third kappa shape index (κ3) is 30.2. The molecule has 0 amide bonds. The molecule has 3 heterocycles. The largest absolute Gasteiger partial charge is 0.454 e. The second-order valence-electron chi connectivity index (χ2n) is 27.1. The monoisotopic (exact) mass is 1510 g/mol. The molecule has 6 rings (SSSR count). The fourth-order valence-corrected chi connectivity index (χ4v) is 12.3. The number of carbonyl (C=O) groups is 5. The average molecular weight is 1510 g/mol. The number of carbonyl (C=O) groups excluding carboxylic acids is 5. The summed E-state index contributed by atoms with van der Waals surface area (Å²) in [6.07, 6.45) is -15.1. The zero-order valence-electron chi connectivity index (χ0n) is 64.8. The van der Waals surface area contributed by atoms with Crippen LogP contribution in [0.1, 0.15) is 209 Å². The number of rotatable bonds is 54. The third-order valence-electron chi connectivity index (χ3n) is 18.3. The first-order chi connectivity index (χ1) is 52.0. The van der Waals surface area contributed by atoms with Crippen molar-refractivity contribution in [3.63, 3.8) is 0 Å². The van der Waals surface area contributed by atoms with Gasteiger partial charge in [-0.25, -0.2) is 14.4 Å². The molecule has 604 valence electrons. The molecule has 26 heteroatoms. The van der Waals surface area contributed by atoms with Crippen LogP contribution in [0.3, 0.4) is 0 Å². The Bertz CT molecular complexity index is 2880. The van der Waals surface area contributed by atoms with Crippen molar-refractivity contribution in [2.45, 2.75) is 295 Å². The van der Waals surface area contributed by atoms with Gasteiger partial charge < -0.3 is 100 Å². The van der Waals surface area contributed by atoms with E-state index in [1.165, 1.54) is 50.2 Å². The van der Waals surface area contributed by atoms with Gasteiger partial charge in [-0.05, 0) is 94.2 Å². The van der Waals surface area contributed by atoms with Crippen molar-refractivity contribution in [1.82, 2.24) is 0 Å². The molecule has 3 saturated heterocycles. The molecular weight excluding hydrogens is 1390 g/mol. The van der Waals surface area contributed by atoms with Crippen LogP contribution in [0.15, 0.2) is 91.0 Å². The molecule has 0 bridgehead atoms. The van der Waals surface area contributed by atoms with Gasteiger partial charge in [-0.1, -0.05) is 161 Å². The molecule has 3 aromatic rings. The minimum Gasteiger partial charge on any atom is -0.454 e. The van der Waals surface area contributed by atoms with Gasteiger partial charge in [-0.3, -0.25) is 9.59 Å². The maximum absolute atomic E-state index is 14.9. The van der Waals surface area contributed by atoms with Crippen molar-refractivity contribution in [3.8, 4) is 0 Å². The number of hydrogen-bond donors (Lipinski definition) is 2. The highest BCUT2D eigenvalue weighted by Gasteiger charge is 2.57. The van der Waals surface area contributed by atoms with E-state index in [9.17, 15) is 34.2 Å². The molecule has 7 unspecified atom stereocenters. The van der Waals surface area contributed by atoms with E-state index in [1.807, 2.05) is 48.5 Å². The smallest absolute Gasteiger partial charge is 0.338 e. The molecule has 2 N–H and O–H groups in total. The lowest BCUT2D eigenvalue weighted by atomic mass is 9.96. The van der Waals surface area contributed by atoms with Crippen LogP contribution in [-0.2, 0) is 99.6 Å². The maximum atomic E-state index is 14.9. The van der Waals surface area contributed by atoms with Crippen LogP contribution >= 0.6 is 0 Å². The predicted molar refractivity (Wildman–Crippen MR) is 393 cm³/mol. The molecule has 3 aliphatic rings. The predicted octanol–water partition coefficient (Wildman–Crippen LogP) is 11.6. The highest BCUT2D eigenvalue weighted by Crippen LogP contribution is 2.37. The van der Waals surface area contributed by atoms with Crippen molar-refractivity contribution in [2.24, 2.45) is 0 Å². The molecule has 3 aliphatic heterocycles. The van der Waals surface area contributed by atoms with Gasteiger partial charge in [0.1, 0.15) is 54.9 Å². The molecule has 107 heavy (non-hydrogen) atoms. The highest BCUT2D eigenvalue weighted by atomic mass is 16.8. The van der Waals surface area contributed by atoms with Gasteiger partial charge in [0, 0.05) is 73.3 Å². The Morgan fingerprint density at radius 2 is 0.766 bits per heavy atom. The SMILES string of the molecule is CCCCOCC[C@@H](OCCCC)C(OCCCC)[C@@H](OC(C)=O)[C@H](O)OC1[C@H](OCCCC)C(CO[C@H]2OC(CO[C@H]3OC(COCCCC)[C@@H](OCCCC)C(OCCCC)[C@H]3OC(C)=O)[C@@H](OC(=O)c3ccccc3)C(OC(=O)c3ccccc3)[C@H]2OC(=O)c2ccccc2)O[C@@H](O)[C@@H]1OCCCC. The zero-order valence-corrected chi connectivity index (χ0v) is 64.8. The van der Waals surface area contributed by atoms with Gasteiger partial charge in [0.25, 0.3) is 0 Å². The van der Waals surface area contributed by atoms with Gasteiger partial charge in [-0.2, -0.15) is 0 Å². The number of aliphatic hydroxyl groups is 2. The number of hydrogen-bond acceptors (Lipinski definition) is 26. The first kappa shape index (κ1) is 90.3. The summed E-state index contributed by atoms with van der Waals surface area (Å²) in [7, 11) is 0. The number of aliphatic hydroxyl groups excluding tert-OH is 2. The molecule has 26 nitrogen and oxygen atoms in total. The summed E-state index contributed by atoms with van der Waals surface area (Å²) < 4.78 is 124. The van der Waals surface area contributed by atoms with Gasteiger partial charge in [0.15, 0.2) is 55.7 Å². The third-order valence-corrected chi connectivity index (χ3v) is 18.3. The summed E-state index contributed by atoms with van der Waals surface area (Å²) in [6.45, 7) is 19.9. The van der Waals surface area contributed by atoms with E-state index in [1.54, 1.807) is 54.6 Å². The van der Waals surface area contributed by atoms with Gasteiger partial charge in [-0.15, -0.1) is 0 Å². The second kappa shape index (κ2) is 51.8. The van der Waals surface area contributed by atoms with E-state index >= 15 is 0 Å². The fourth-order valence-electron chi connectivity index (χ4n) is 12.3. The van der Waals surface area contributed by atoms with E-state index in [0.717, 1.165) is 51.4 Å². The lowest BCUT2D eigenvalue weighted by molar-refractivity contribution is -0.355. The van der Waals surface area contributed by atoms with Crippen molar-refractivity contribution in [1.29, 1.82) is 0 Å². The molecule has 3 fully saturated rings. The quantitative estimate of drug-likeness (QED) is 0.0230. The lowest BCUT2D eigenvalue weighted by Crippen LogP contribution is -2.66.